The predicted octanol–water partition coefficient (Wildman–Crippen LogP) is 3.57. The van der Waals surface area contributed by atoms with Crippen molar-refractivity contribution in [1.29, 1.82) is 0 Å². The van der Waals surface area contributed by atoms with E-state index in [4.69, 9.17) is 14.5 Å². The molecule has 1 aromatic heterocycles. The zero-order chi connectivity index (χ0) is 23.0. The van der Waals surface area contributed by atoms with Crippen LogP contribution < -0.4 is 9.64 Å². The molecule has 0 spiro atoms. The van der Waals surface area contributed by atoms with Crippen molar-refractivity contribution in [2.45, 2.75) is 25.8 Å². The van der Waals surface area contributed by atoms with Crippen LogP contribution >= 0.6 is 11.5 Å². The number of hydrogen-bond donors (Lipinski definition) is 0. The van der Waals surface area contributed by atoms with Gasteiger partial charge in [-0.2, -0.15) is 4.37 Å². The predicted molar refractivity (Wildman–Crippen MR) is 130 cm³/mol. The molecule has 1 aliphatic rings. The number of methoxy groups -OCH3 is 2. The highest BCUT2D eigenvalue weighted by molar-refractivity contribution is 7.09. The minimum Gasteiger partial charge on any atom is -0.497 e. The van der Waals surface area contributed by atoms with E-state index in [0.29, 0.717) is 39.1 Å². The van der Waals surface area contributed by atoms with Gasteiger partial charge in [0.05, 0.1) is 13.7 Å². The monoisotopic (exact) mass is 466 g/mol. The molecule has 0 saturated carbocycles. The first-order valence-electron chi connectivity index (χ1n) is 11.2. The van der Waals surface area contributed by atoms with Gasteiger partial charge in [-0.05, 0) is 35.2 Å². The van der Waals surface area contributed by atoms with Gasteiger partial charge in [0.2, 0.25) is 11.0 Å². The number of carbonyl (C=O) groups excluding carboxylic acids is 1. The zero-order valence-electron chi connectivity index (χ0n) is 19.2. The number of rotatable bonds is 10. The van der Waals surface area contributed by atoms with Crippen molar-refractivity contribution in [1.82, 2.24) is 14.3 Å². The number of anilines is 1. The van der Waals surface area contributed by atoms with Gasteiger partial charge in [-0.25, -0.2) is 4.98 Å². The maximum absolute atomic E-state index is 12.9. The molecule has 0 saturated heterocycles. The van der Waals surface area contributed by atoms with Crippen molar-refractivity contribution in [3.05, 3.63) is 71.0 Å². The van der Waals surface area contributed by atoms with Gasteiger partial charge in [0.1, 0.15) is 11.6 Å². The molecule has 174 valence electrons. The molecule has 8 heteroatoms. The van der Waals surface area contributed by atoms with Gasteiger partial charge in [-0.1, -0.05) is 36.4 Å². The average molecular weight is 467 g/mol. The number of hydrogen-bond acceptors (Lipinski definition) is 7. The van der Waals surface area contributed by atoms with E-state index in [1.165, 1.54) is 22.7 Å². The maximum atomic E-state index is 12.9. The molecule has 0 fully saturated rings. The van der Waals surface area contributed by atoms with E-state index in [1.807, 2.05) is 35.2 Å². The first-order valence-corrected chi connectivity index (χ1v) is 12.0. The van der Waals surface area contributed by atoms with E-state index in [9.17, 15) is 4.79 Å². The van der Waals surface area contributed by atoms with Crippen molar-refractivity contribution in [3.8, 4) is 5.75 Å². The number of aromatic nitrogens is 2. The molecule has 2 heterocycles. The maximum Gasteiger partial charge on any atom is 0.224 e. The van der Waals surface area contributed by atoms with E-state index in [-0.39, 0.29) is 5.91 Å². The van der Waals surface area contributed by atoms with Gasteiger partial charge in [-0.3, -0.25) is 4.79 Å². The van der Waals surface area contributed by atoms with Crippen LogP contribution in [0, 0.1) is 0 Å². The number of ether oxygens (including phenoxy) is 2. The molecule has 4 rings (SSSR count). The van der Waals surface area contributed by atoms with Gasteiger partial charge in [0, 0.05) is 57.7 Å². The molecular formula is C25H30N4O3S. The highest BCUT2D eigenvalue weighted by Gasteiger charge is 2.22. The Labute approximate surface area is 199 Å². The third-order valence-electron chi connectivity index (χ3n) is 5.87. The summed E-state index contributed by atoms with van der Waals surface area (Å²) in [6.45, 7) is 3.29. The number of fused-ring (bicyclic) bond motifs is 1. The third kappa shape index (κ3) is 6.09. The summed E-state index contributed by atoms with van der Waals surface area (Å²) in [5, 5.41) is 0.821. The summed E-state index contributed by atoms with van der Waals surface area (Å²) in [6.07, 6.45) is 1.99. The molecule has 0 atom stereocenters. The molecule has 0 bridgehead atoms. The lowest BCUT2D eigenvalue weighted by molar-refractivity contribution is -0.131. The highest BCUT2D eigenvalue weighted by atomic mass is 32.1. The summed E-state index contributed by atoms with van der Waals surface area (Å²) in [7, 11) is 3.35. The molecule has 1 amide bonds. The zero-order valence-corrected chi connectivity index (χ0v) is 20.0. The van der Waals surface area contributed by atoms with Crippen LogP contribution in [0.4, 0.5) is 5.13 Å². The van der Waals surface area contributed by atoms with Crippen molar-refractivity contribution in [2.75, 3.05) is 45.4 Å². The lowest BCUT2D eigenvalue weighted by Crippen LogP contribution is -2.38. The topological polar surface area (TPSA) is 67.8 Å². The van der Waals surface area contributed by atoms with E-state index < -0.39 is 0 Å². The molecule has 33 heavy (non-hydrogen) atoms. The fraction of sp³-hybridized carbons (Fsp3) is 0.400. The fourth-order valence-corrected chi connectivity index (χ4v) is 4.75. The Morgan fingerprint density at radius 3 is 2.79 bits per heavy atom. The molecule has 3 aromatic rings. The van der Waals surface area contributed by atoms with Crippen LogP contribution in [0.1, 0.15) is 28.9 Å². The summed E-state index contributed by atoms with van der Waals surface area (Å²) in [6, 6.07) is 16.3. The van der Waals surface area contributed by atoms with Gasteiger partial charge in [0.25, 0.3) is 0 Å². The Hall–Kier alpha value is -2.97. The van der Waals surface area contributed by atoms with Gasteiger partial charge >= 0.3 is 0 Å². The summed E-state index contributed by atoms with van der Waals surface area (Å²) < 4.78 is 15.1. The quantitative estimate of drug-likeness (QED) is 0.455. The molecule has 0 radical (unpaired) electrons. The van der Waals surface area contributed by atoms with Crippen molar-refractivity contribution < 1.29 is 14.3 Å². The second kappa shape index (κ2) is 11.2. The first kappa shape index (κ1) is 23.2. The largest absolute Gasteiger partial charge is 0.497 e. The normalized spacial score (nSPS) is 13.0. The molecule has 1 aliphatic heterocycles. The Bertz CT molecular complexity index is 1070. The molecule has 0 unspecified atom stereocenters. The lowest BCUT2D eigenvalue weighted by atomic mass is 10.00. The molecule has 0 N–H and O–H groups in total. The third-order valence-corrected chi connectivity index (χ3v) is 6.68. The second-order valence-corrected chi connectivity index (χ2v) is 8.82. The van der Waals surface area contributed by atoms with Gasteiger partial charge in [0.15, 0.2) is 0 Å². The standard InChI is InChI=1S/C25H30N4O3S/c1-31-15-14-28(13-11-24(30)29-12-10-20-7-3-4-8-21(20)18-29)25-26-23(27-33-25)17-19-6-5-9-22(16-19)32-2/h3-9,16H,10-15,17-18H2,1-2H3. The Balaban J connectivity index is 1.37. The van der Waals surface area contributed by atoms with Crippen LogP contribution in [0.2, 0.25) is 0 Å². The summed E-state index contributed by atoms with van der Waals surface area (Å²) >= 11 is 1.37. The number of benzene rings is 2. The fourth-order valence-electron chi connectivity index (χ4n) is 4.01. The smallest absolute Gasteiger partial charge is 0.224 e. The van der Waals surface area contributed by atoms with E-state index >= 15 is 0 Å². The lowest BCUT2D eigenvalue weighted by Gasteiger charge is -2.30. The number of amides is 1. The molecule has 0 aliphatic carbocycles. The van der Waals surface area contributed by atoms with Crippen molar-refractivity contribution >= 4 is 22.6 Å². The van der Waals surface area contributed by atoms with Crippen molar-refractivity contribution in [3.63, 3.8) is 0 Å². The van der Waals surface area contributed by atoms with Crippen molar-refractivity contribution in [2.24, 2.45) is 0 Å². The van der Waals surface area contributed by atoms with Crippen LogP contribution in [-0.4, -0.2) is 60.6 Å². The summed E-state index contributed by atoms with van der Waals surface area (Å²) in [5.74, 6) is 1.76. The van der Waals surface area contributed by atoms with Gasteiger partial charge in [-0.15, -0.1) is 0 Å². The molecule has 7 nitrogen and oxygen atoms in total. The van der Waals surface area contributed by atoms with E-state index in [2.05, 4.69) is 27.5 Å². The first-order chi connectivity index (χ1) is 16.2. The van der Waals surface area contributed by atoms with Crippen LogP contribution in [-0.2, 0) is 28.9 Å². The Kier molecular flexibility index (Phi) is 7.91. The number of carbonyl (C=O) groups is 1. The average Bonchev–Trinajstić information content (AvgIpc) is 3.31. The molecular weight excluding hydrogens is 436 g/mol. The SMILES string of the molecule is COCCN(CCC(=O)N1CCc2ccccc2C1)c1nc(Cc2cccc(OC)c2)ns1. The van der Waals surface area contributed by atoms with Crippen LogP contribution in [0.5, 0.6) is 5.75 Å². The Morgan fingerprint density at radius 2 is 1.97 bits per heavy atom. The van der Waals surface area contributed by atoms with Crippen LogP contribution in [0.15, 0.2) is 48.5 Å². The summed E-state index contributed by atoms with van der Waals surface area (Å²) in [4.78, 5) is 21.8. The van der Waals surface area contributed by atoms with Gasteiger partial charge < -0.3 is 19.3 Å². The summed E-state index contributed by atoms with van der Waals surface area (Å²) in [5.41, 5.74) is 3.70. The van der Waals surface area contributed by atoms with Crippen LogP contribution in [0.3, 0.4) is 0 Å². The minimum atomic E-state index is 0.174. The van der Waals surface area contributed by atoms with E-state index in [1.54, 1.807) is 14.2 Å². The van der Waals surface area contributed by atoms with Crippen LogP contribution in [0.25, 0.3) is 0 Å². The molecule has 2 aromatic carbocycles. The highest BCUT2D eigenvalue weighted by Crippen LogP contribution is 2.22. The number of nitrogens with zero attached hydrogens (tertiary/aromatic N) is 4. The minimum absolute atomic E-state index is 0.174. The van der Waals surface area contributed by atoms with E-state index in [0.717, 1.165) is 35.2 Å². The second-order valence-electron chi connectivity index (χ2n) is 8.09. The Morgan fingerprint density at radius 1 is 1.12 bits per heavy atom.